The first-order valence-electron chi connectivity index (χ1n) is 7.10. The average molecular weight is 381 g/mol. The summed E-state index contributed by atoms with van der Waals surface area (Å²) in [5, 5.41) is 14.7. The maximum Gasteiger partial charge on any atom is 0.221 e. The van der Waals surface area contributed by atoms with Gasteiger partial charge in [-0.25, -0.2) is 0 Å². The van der Waals surface area contributed by atoms with Crippen LogP contribution in [0.25, 0.3) is 6.08 Å². The topological polar surface area (TPSA) is 95.5 Å². The van der Waals surface area contributed by atoms with Crippen LogP contribution >= 0.6 is 23.2 Å². The standard InChI is InChI=1S/C17H14Cl2N2O4/c1-8(22)20-14-7-16(24)15(21-9(2)23)6-11(14)3-10-4-12(18)17(25)13(19)5-10/h3-7,25H,1-2H3,(H,20,22)(H,21,23). The number of ketones is 1. The van der Waals surface area contributed by atoms with Gasteiger partial charge in [-0.1, -0.05) is 23.2 Å². The SMILES string of the molecule is CC(=O)NC1=CC(=Cc2cc(Cl)c(O)c(Cl)c2)C(NC(C)=O)=CC1=O. The lowest BCUT2D eigenvalue weighted by molar-refractivity contribution is -0.120. The van der Waals surface area contributed by atoms with Crippen molar-refractivity contribution >= 4 is 46.9 Å². The molecule has 25 heavy (non-hydrogen) atoms. The normalized spacial score (nSPS) is 15.5. The number of hydrogen-bond donors (Lipinski definition) is 3. The molecule has 0 spiro atoms. The molecule has 0 aliphatic heterocycles. The zero-order chi connectivity index (χ0) is 18.7. The van der Waals surface area contributed by atoms with Crippen LogP contribution in [0.15, 0.2) is 41.3 Å². The lowest BCUT2D eigenvalue weighted by Crippen LogP contribution is -2.29. The Morgan fingerprint density at radius 1 is 1.00 bits per heavy atom. The van der Waals surface area contributed by atoms with Gasteiger partial charge in [-0.2, -0.15) is 0 Å². The number of amides is 2. The van der Waals surface area contributed by atoms with Crippen molar-refractivity contribution < 1.29 is 19.5 Å². The number of hydrogen-bond acceptors (Lipinski definition) is 4. The third kappa shape index (κ3) is 4.71. The number of rotatable bonds is 3. The Balaban J connectivity index is 2.52. The van der Waals surface area contributed by atoms with Crippen LogP contribution in [0.5, 0.6) is 5.75 Å². The van der Waals surface area contributed by atoms with Crippen molar-refractivity contribution in [2.75, 3.05) is 0 Å². The molecule has 2 rings (SSSR count). The molecular weight excluding hydrogens is 367 g/mol. The highest BCUT2D eigenvalue weighted by atomic mass is 35.5. The monoisotopic (exact) mass is 380 g/mol. The van der Waals surface area contributed by atoms with E-state index in [1.165, 1.54) is 38.1 Å². The summed E-state index contributed by atoms with van der Waals surface area (Å²) in [6, 6.07) is 2.95. The summed E-state index contributed by atoms with van der Waals surface area (Å²) in [6.07, 6.45) is 4.25. The summed E-state index contributed by atoms with van der Waals surface area (Å²) in [6.45, 7) is 2.59. The Hall–Kier alpha value is -2.57. The van der Waals surface area contributed by atoms with Gasteiger partial charge in [-0.3, -0.25) is 14.4 Å². The summed E-state index contributed by atoms with van der Waals surface area (Å²) in [5.41, 5.74) is 1.33. The van der Waals surface area contributed by atoms with E-state index in [0.29, 0.717) is 11.1 Å². The number of halogens is 2. The van der Waals surface area contributed by atoms with Gasteiger partial charge in [0.25, 0.3) is 0 Å². The fourth-order valence-electron chi connectivity index (χ4n) is 2.15. The summed E-state index contributed by atoms with van der Waals surface area (Å²) >= 11 is 11.8. The van der Waals surface area contributed by atoms with Gasteiger partial charge in [-0.05, 0) is 29.8 Å². The fraction of sp³-hybridized carbons (Fsp3) is 0.118. The number of phenolic OH excluding ortho intramolecular Hbond substituents is 1. The molecule has 1 aliphatic rings. The van der Waals surface area contributed by atoms with Crippen LogP contribution in [0.3, 0.4) is 0 Å². The second-order valence-corrected chi connectivity index (χ2v) is 6.09. The Morgan fingerprint density at radius 3 is 2.04 bits per heavy atom. The Morgan fingerprint density at radius 2 is 1.52 bits per heavy atom. The van der Waals surface area contributed by atoms with Crippen molar-refractivity contribution in [2.24, 2.45) is 0 Å². The van der Waals surface area contributed by atoms with Crippen molar-refractivity contribution in [3.05, 3.63) is 56.9 Å². The number of carbonyl (C=O) groups is 3. The fourth-order valence-corrected chi connectivity index (χ4v) is 2.65. The molecule has 3 N–H and O–H groups in total. The Kier molecular flexibility index (Phi) is 5.66. The van der Waals surface area contributed by atoms with E-state index in [1.54, 1.807) is 6.08 Å². The van der Waals surface area contributed by atoms with Gasteiger partial charge in [0.05, 0.1) is 21.4 Å². The number of nitrogens with one attached hydrogen (secondary N) is 2. The highest BCUT2D eigenvalue weighted by molar-refractivity contribution is 6.37. The molecule has 0 bridgehead atoms. The minimum Gasteiger partial charge on any atom is -0.505 e. The van der Waals surface area contributed by atoms with Crippen LogP contribution in [0.2, 0.25) is 10.0 Å². The molecular formula is C17H14Cl2N2O4. The minimum absolute atomic E-state index is 0.0577. The zero-order valence-corrected chi connectivity index (χ0v) is 14.8. The van der Waals surface area contributed by atoms with E-state index >= 15 is 0 Å². The summed E-state index contributed by atoms with van der Waals surface area (Å²) < 4.78 is 0. The predicted molar refractivity (Wildman–Crippen MR) is 94.9 cm³/mol. The quantitative estimate of drug-likeness (QED) is 0.750. The van der Waals surface area contributed by atoms with Gasteiger partial charge in [0.2, 0.25) is 17.6 Å². The summed E-state index contributed by atoms with van der Waals surface area (Å²) in [5.74, 6) is -1.44. The van der Waals surface area contributed by atoms with Gasteiger partial charge < -0.3 is 15.7 Å². The molecule has 0 heterocycles. The van der Waals surface area contributed by atoms with Crippen molar-refractivity contribution in [3.63, 3.8) is 0 Å². The van der Waals surface area contributed by atoms with Crippen molar-refractivity contribution in [1.82, 2.24) is 10.6 Å². The second-order valence-electron chi connectivity index (χ2n) is 5.28. The minimum atomic E-state index is -0.446. The molecule has 1 aromatic carbocycles. The molecule has 1 aromatic rings. The third-order valence-electron chi connectivity index (χ3n) is 3.13. The molecule has 1 aliphatic carbocycles. The maximum absolute atomic E-state index is 12.1. The van der Waals surface area contributed by atoms with E-state index in [0.717, 1.165) is 0 Å². The van der Waals surface area contributed by atoms with Crippen LogP contribution in [-0.4, -0.2) is 22.7 Å². The highest BCUT2D eigenvalue weighted by Crippen LogP contribution is 2.34. The summed E-state index contributed by atoms with van der Waals surface area (Å²) in [4.78, 5) is 34.7. The molecule has 0 fully saturated rings. The van der Waals surface area contributed by atoms with E-state index < -0.39 is 11.7 Å². The first-order valence-corrected chi connectivity index (χ1v) is 7.86. The van der Waals surface area contributed by atoms with Gasteiger partial charge in [0.1, 0.15) is 0 Å². The lowest BCUT2D eigenvalue weighted by atomic mass is 9.99. The van der Waals surface area contributed by atoms with Gasteiger partial charge in [-0.15, -0.1) is 0 Å². The average Bonchev–Trinajstić information content (AvgIpc) is 2.48. The zero-order valence-electron chi connectivity index (χ0n) is 13.3. The number of allylic oxidation sites excluding steroid dienone is 2. The number of phenols is 1. The molecule has 0 radical (unpaired) electrons. The molecule has 0 saturated heterocycles. The Bertz CT molecular complexity index is 846. The molecule has 0 atom stereocenters. The molecule has 2 amide bonds. The maximum atomic E-state index is 12.1. The molecule has 8 heteroatoms. The van der Waals surface area contributed by atoms with Crippen LogP contribution in [0, 0.1) is 0 Å². The molecule has 0 saturated carbocycles. The number of aromatic hydroxyl groups is 1. The van der Waals surface area contributed by atoms with Gasteiger partial charge in [0, 0.05) is 25.5 Å². The van der Waals surface area contributed by atoms with Crippen LogP contribution in [0.4, 0.5) is 0 Å². The second kappa shape index (κ2) is 7.55. The molecule has 6 nitrogen and oxygen atoms in total. The first-order chi connectivity index (χ1) is 11.7. The van der Waals surface area contributed by atoms with E-state index in [2.05, 4.69) is 10.6 Å². The van der Waals surface area contributed by atoms with Gasteiger partial charge in [0.15, 0.2) is 5.75 Å². The largest absolute Gasteiger partial charge is 0.505 e. The van der Waals surface area contributed by atoms with Crippen molar-refractivity contribution in [3.8, 4) is 5.75 Å². The van der Waals surface area contributed by atoms with Gasteiger partial charge >= 0.3 is 0 Å². The van der Waals surface area contributed by atoms with Crippen molar-refractivity contribution in [1.29, 1.82) is 0 Å². The number of benzene rings is 1. The van der Waals surface area contributed by atoms with E-state index in [-0.39, 0.29) is 33.1 Å². The smallest absolute Gasteiger partial charge is 0.221 e. The summed E-state index contributed by atoms with van der Waals surface area (Å²) in [7, 11) is 0. The first kappa shape index (κ1) is 18.8. The lowest BCUT2D eigenvalue weighted by Gasteiger charge is -2.17. The van der Waals surface area contributed by atoms with E-state index in [1.807, 2.05) is 0 Å². The van der Waals surface area contributed by atoms with Crippen LogP contribution in [0.1, 0.15) is 19.4 Å². The van der Waals surface area contributed by atoms with Crippen LogP contribution in [-0.2, 0) is 14.4 Å². The highest BCUT2D eigenvalue weighted by Gasteiger charge is 2.19. The third-order valence-corrected chi connectivity index (χ3v) is 3.71. The number of carbonyl (C=O) groups excluding carboxylic acids is 3. The van der Waals surface area contributed by atoms with E-state index in [4.69, 9.17) is 23.2 Å². The van der Waals surface area contributed by atoms with E-state index in [9.17, 15) is 19.5 Å². The molecule has 0 aromatic heterocycles. The molecule has 0 unspecified atom stereocenters. The van der Waals surface area contributed by atoms with Crippen LogP contribution < -0.4 is 10.6 Å². The molecule has 130 valence electrons. The Labute approximate surface area is 153 Å². The predicted octanol–water partition coefficient (Wildman–Crippen LogP) is 2.71. The van der Waals surface area contributed by atoms with Crippen molar-refractivity contribution in [2.45, 2.75) is 13.8 Å².